The molecule has 2 aromatic rings. The lowest BCUT2D eigenvalue weighted by molar-refractivity contribution is -0.120. The van der Waals surface area contributed by atoms with Gasteiger partial charge >= 0.3 is 0 Å². The number of amides is 1. The van der Waals surface area contributed by atoms with Gasteiger partial charge in [-0.05, 0) is 36.4 Å². The number of rotatable bonds is 3. The van der Waals surface area contributed by atoms with Gasteiger partial charge in [-0.1, -0.05) is 0 Å². The number of anilines is 1. The monoisotopic (exact) mass is 270 g/mol. The predicted octanol–water partition coefficient (Wildman–Crippen LogP) is 1.70. The van der Waals surface area contributed by atoms with Gasteiger partial charge in [0.1, 0.15) is 5.76 Å². The van der Waals surface area contributed by atoms with Crippen molar-refractivity contribution in [1.82, 2.24) is 5.32 Å². The van der Waals surface area contributed by atoms with Crippen LogP contribution in [-0.2, 0) is 4.79 Å². The van der Waals surface area contributed by atoms with E-state index in [-0.39, 0.29) is 5.91 Å². The topological polar surface area (TPSA) is 62.6 Å². The molecule has 0 atom stereocenters. The third-order valence-electron chi connectivity index (χ3n) is 3.30. The molecular formula is C15H14N2O3. The molecule has 0 radical (unpaired) electrons. The number of piperazine rings is 1. The van der Waals surface area contributed by atoms with Crippen LogP contribution in [0.15, 0.2) is 40.8 Å². The Bertz CT molecular complexity index is 631. The lowest BCUT2D eigenvalue weighted by Crippen LogP contribution is -2.47. The van der Waals surface area contributed by atoms with Crippen LogP contribution < -0.4 is 10.2 Å². The summed E-state index contributed by atoms with van der Waals surface area (Å²) in [4.78, 5) is 24.0. The van der Waals surface area contributed by atoms with Crippen molar-refractivity contribution in [2.45, 2.75) is 0 Å². The first-order valence-corrected chi connectivity index (χ1v) is 6.43. The normalized spacial score (nSPS) is 15.0. The molecule has 3 rings (SSSR count). The lowest BCUT2D eigenvalue weighted by Gasteiger charge is -2.28. The highest BCUT2D eigenvalue weighted by Gasteiger charge is 2.16. The molecule has 1 N–H and O–H groups in total. The average Bonchev–Trinajstić information content (AvgIpc) is 2.96. The maximum absolute atomic E-state index is 11.4. The number of nitrogens with one attached hydrogen (secondary N) is 1. The van der Waals surface area contributed by atoms with Gasteiger partial charge < -0.3 is 14.6 Å². The van der Waals surface area contributed by atoms with Crippen LogP contribution in [-0.4, -0.2) is 31.8 Å². The number of nitrogens with zero attached hydrogens (tertiary/aromatic N) is 1. The smallest absolute Gasteiger partial charge is 0.239 e. The van der Waals surface area contributed by atoms with Gasteiger partial charge in [0.15, 0.2) is 12.0 Å². The quantitative estimate of drug-likeness (QED) is 0.862. The summed E-state index contributed by atoms with van der Waals surface area (Å²) in [7, 11) is 0. The van der Waals surface area contributed by atoms with Crippen molar-refractivity contribution in [2.75, 3.05) is 24.5 Å². The molecule has 1 aliphatic heterocycles. The molecule has 1 aromatic heterocycles. The van der Waals surface area contributed by atoms with E-state index in [4.69, 9.17) is 4.42 Å². The zero-order valence-electron chi connectivity index (χ0n) is 10.8. The Hall–Kier alpha value is -2.56. The first-order valence-electron chi connectivity index (χ1n) is 6.43. The van der Waals surface area contributed by atoms with E-state index in [9.17, 15) is 9.59 Å². The summed E-state index contributed by atoms with van der Waals surface area (Å²) in [6.07, 6.45) is 0.685. The highest BCUT2D eigenvalue weighted by Crippen LogP contribution is 2.24. The molecule has 1 aliphatic rings. The molecule has 0 saturated carbocycles. The number of aldehydes is 1. The molecule has 1 amide bonds. The van der Waals surface area contributed by atoms with Gasteiger partial charge in [0.2, 0.25) is 5.91 Å². The van der Waals surface area contributed by atoms with Crippen LogP contribution in [0.1, 0.15) is 10.6 Å². The number of furan rings is 1. The molecule has 1 saturated heterocycles. The molecule has 5 heteroatoms. The lowest BCUT2D eigenvalue weighted by atomic mass is 10.1. The van der Waals surface area contributed by atoms with Gasteiger partial charge in [0, 0.05) is 24.3 Å². The molecule has 1 fully saturated rings. The average molecular weight is 270 g/mol. The van der Waals surface area contributed by atoms with Gasteiger partial charge in [-0.15, -0.1) is 0 Å². The third-order valence-corrected chi connectivity index (χ3v) is 3.30. The minimum atomic E-state index is 0.0435. The summed E-state index contributed by atoms with van der Waals surface area (Å²) < 4.78 is 5.38. The van der Waals surface area contributed by atoms with Crippen LogP contribution in [0.4, 0.5) is 5.69 Å². The Morgan fingerprint density at radius 1 is 1.15 bits per heavy atom. The van der Waals surface area contributed by atoms with Crippen molar-refractivity contribution in [3.8, 4) is 11.3 Å². The van der Waals surface area contributed by atoms with E-state index in [1.165, 1.54) is 0 Å². The van der Waals surface area contributed by atoms with Gasteiger partial charge in [-0.3, -0.25) is 9.59 Å². The first kappa shape index (κ1) is 12.5. The molecule has 0 bridgehead atoms. The Kier molecular flexibility index (Phi) is 3.25. The highest BCUT2D eigenvalue weighted by atomic mass is 16.3. The first-order chi connectivity index (χ1) is 9.76. The minimum Gasteiger partial charge on any atom is -0.453 e. The second kappa shape index (κ2) is 5.21. The van der Waals surface area contributed by atoms with Crippen molar-refractivity contribution >= 4 is 17.9 Å². The van der Waals surface area contributed by atoms with E-state index in [1.807, 2.05) is 29.2 Å². The molecule has 102 valence electrons. The van der Waals surface area contributed by atoms with Crippen LogP contribution in [0.3, 0.4) is 0 Å². The second-order valence-electron chi connectivity index (χ2n) is 4.64. The van der Waals surface area contributed by atoms with Crippen LogP contribution in [0.5, 0.6) is 0 Å². The molecule has 0 spiro atoms. The van der Waals surface area contributed by atoms with Crippen molar-refractivity contribution in [2.24, 2.45) is 0 Å². The summed E-state index contributed by atoms with van der Waals surface area (Å²) >= 11 is 0. The van der Waals surface area contributed by atoms with Crippen molar-refractivity contribution < 1.29 is 14.0 Å². The molecular weight excluding hydrogens is 256 g/mol. The van der Waals surface area contributed by atoms with E-state index in [1.54, 1.807) is 12.1 Å². The highest BCUT2D eigenvalue weighted by molar-refractivity contribution is 5.82. The molecule has 5 nitrogen and oxygen atoms in total. The fourth-order valence-corrected chi connectivity index (χ4v) is 2.27. The third kappa shape index (κ3) is 2.42. The van der Waals surface area contributed by atoms with Crippen molar-refractivity contribution in [1.29, 1.82) is 0 Å². The minimum absolute atomic E-state index is 0.0435. The Morgan fingerprint density at radius 2 is 1.95 bits per heavy atom. The summed E-state index contributed by atoms with van der Waals surface area (Å²) in [6, 6.07) is 11.2. The van der Waals surface area contributed by atoms with Gasteiger partial charge in [-0.2, -0.15) is 0 Å². The second-order valence-corrected chi connectivity index (χ2v) is 4.64. The maximum atomic E-state index is 11.4. The number of benzene rings is 1. The van der Waals surface area contributed by atoms with E-state index in [0.29, 0.717) is 30.9 Å². The van der Waals surface area contributed by atoms with E-state index in [0.717, 1.165) is 17.8 Å². The Balaban J connectivity index is 1.80. The summed E-state index contributed by atoms with van der Waals surface area (Å²) in [5, 5.41) is 2.80. The number of carbonyl (C=O) groups is 2. The Labute approximate surface area is 116 Å². The molecule has 2 heterocycles. The van der Waals surface area contributed by atoms with E-state index >= 15 is 0 Å². The molecule has 1 aromatic carbocycles. The fraction of sp³-hybridized carbons (Fsp3) is 0.200. The number of hydrogen-bond donors (Lipinski definition) is 1. The SMILES string of the molecule is O=Cc1ccc(-c2ccc(N3CCNC(=O)C3)cc2)o1. The van der Waals surface area contributed by atoms with Crippen LogP contribution in [0, 0.1) is 0 Å². The summed E-state index contributed by atoms with van der Waals surface area (Å²) in [5.74, 6) is 1.02. The number of hydrogen-bond acceptors (Lipinski definition) is 4. The maximum Gasteiger partial charge on any atom is 0.239 e. The van der Waals surface area contributed by atoms with Crippen molar-refractivity contribution in [3.05, 3.63) is 42.2 Å². The van der Waals surface area contributed by atoms with Crippen LogP contribution >= 0.6 is 0 Å². The van der Waals surface area contributed by atoms with Crippen LogP contribution in [0.2, 0.25) is 0 Å². The molecule has 0 unspecified atom stereocenters. The van der Waals surface area contributed by atoms with E-state index < -0.39 is 0 Å². The van der Waals surface area contributed by atoms with Gasteiger partial charge in [0.25, 0.3) is 0 Å². The fourth-order valence-electron chi connectivity index (χ4n) is 2.27. The molecule has 20 heavy (non-hydrogen) atoms. The Morgan fingerprint density at radius 3 is 2.60 bits per heavy atom. The van der Waals surface area contributed by atoms with E-state index in [2.05, 4.69) is 5.32 Å². The molecule has 0 aliphatic carbocycles. The predicted molar refractivity (Wildman–Crippen MR) is 74.8 cm³/mol. The number of carbonyl (C=O) groups excluding carboxylic acids is 2. The van der Waals surface area contributed by atoms with Gasteiger partial charge in [0.05, 0.1) is 6.54 Å². The zero-order chi connectivity index (χ0) is 13.9. The largest absolute Gasteiger partial charge is 0.453 e. The van der Waals surface area contributed by atoms with Crippen LogP contribution in [0.25, 0.3) is 11.3 Å². The zero-order valence-corrected chi connectivity index (χ0v) is 10.8. The van der Waals surface area contributed by atoms with Gasteiger partial charge in [-0.25, -0.2) is 0 Å². The standard InChI is InChI=1S/C15H14N2O3/c18-10-13-5-6-14(20-13)11-1-3-12(4-2-11)17-8-7-16-15(19)9-17/h1-6,10H,7-9H2,(H,16,19). The van der Waals surface area contributed by atoms with Crippen molar-refractivity contribution in [3.63, 3.8) is 0 Å². The summed E-state index contributed by atoms with van der Waals surface area (Å²) in [5.41, 5.74) is 1.91. The summed E-state index contributed by atoms with van der Waals surface area (Å²) in [6.45, 7) is 1.86.